The van der Waals surface area contributed by atoms with E-state index in [2.05, 4.69) is 10.6 Å². The summed E-state index contributed by atoms with van der Waals surface area (Å²) in [5, 5.41) is 5.02. The smallest absolute Gasteiger partial charge is 0.327 e. The van der Waals surface area contributed by atoms with Crippen molar-refractivity contribution in [3.05, 3.63) is 66.0 Å². The van der Waals surface area contributed by atoms with E-state index in [1.54, 1.807) is 30.3 Å². The molecule has 156 valence electrons. The van der Waals surface area contributed by atoms with Gasteiger partial charge in [-0.1, -0.05) is 30.3 Å². The Morgan fingerprint density at radius 3 is 2.30 bits per heavy atom. The molecule has 1 aliphatic rings. The SMILES string of the molecule is CC1(C)NC(=O)N(CC(=O)O[C@@H](C(=O)Nc2ccc(F)cc2)c2ccccc2)C1=O. The maximum Gasteiger partial charge on any atom is 0.327 e. The van der Waals surface area contributed by atoms with Gasteiger partial charge in [-0.3, -0.25) is 19.3 Å². The summed E-state index contributed by atoms with van der Waals surface area (Å²) < 4.78 is 18.4. The number of ether oxygens (including phenoxy) is 1. The molecule has 1 saturated heterocycles. The number of rotatable bonds is 6. The number of anilines is 1. The summed E-state index contributed by atoms with van der Waals surface area (Å²) in [4.78, 5) is 50.2. The normalized spacial score (nSPS) is 16.0. The van der Waals surface area contributed by atoms with Crippen LogP contribution in [0.4, 0.5) is 14.9 Å². The quantitative estimate of drug-likeness (QED) is 0.559. The first-order valence-electron chi connectivity index (χ1n) is 9.12. The van der Waals surface area contributed by atoms with Gasteiger partial charge in [0.05, 0.1) is 0 Å². The molecule has 2 N–H and O–H groups in total. The van der Waals surface area contributed by atoms with Crippen LogP contribution in [0.15, 0.2) is 54.6 Å². The molecule has 8 nitrogen and oxygen atoms in total. The average molecular weight is 413 g/mol. The molecular weight excluding hydrogens is 393 g/mol. The fraction of sp³-hybridized carbons (Fsp3) is 0.238. The van der Waals surface area contributed by atoms with Gasteiger partial charge in [-0.05, 0) is 38.1 Å². The van der Waals surface area contributed by atoms with E-state index < -0.39 is 47.8 Å². The number of imide groups is 1. The Bertz CT molecular complexity index is 976. The Kier molecular flexibility index (Phi) is 5.81. The number of halogens is 1. The van der Waals surface area contributed by atoms with Crippen molar-refractivity contribution in [3.63, 3.8) is 0 Å². The van der Waals surface area contributed by atoms with Gasteiger partial charge in [-0.15, -0.1) is 0 Å². The molecule has 0 aliphatic carbocycles. The molecule has 0 radical (unpaired) electrons. The van der Waals surface area contributed by atoms with Crippen molar-refractivity contribution in [1.29, 1.82) is 0 Å². The molecule has 30 heavy (non-hydrogen) atoms. The highest BCUT2D eigenvalue weighted by Crippen LogP contribution is 2.22. The number of hydrogen-bond donors (Lipinski definition) is 2. The Morgan fingerprint density at radius 2 is 1.73 bits per heavy atom. The van der Waals surface area contributed by atoms with Gasteiger partial charge in [-0.2, -0.15) is 0 Å². The van der Waals surface area contributed by atoms with E-state index in [1.165, 1.54) is 38.1 Å². The minimum absolute atomic E-state index is 0.314. The van der Waals surface area contributed by atoms with Crippen LogP contribution in [0, 0.1) is 5.82 Å². The lowest BCUT2D eigenvalue weighted by Gasteiger charge is -2.20. The van der Waals surface area contributed by atoms with Crippen molar-refractivity contribution >= 4 is 29.5 Å². The van der Waals surface area contributed by atoms with Gasteiger partial charge >= 0.3 is 12.0 Å². The molecular formula is C21H20FN3O5. The maximum atomic E-state index is 13.1. The van der Waals surface area contributed by atoms with Crippen LogP contribution in [0.5, 0.6) is 0 Å². The molecule has 0 aromatic heterocycles. The highest BCUT2D eigenvalue weighted by atomic mass is 19.1. The molecule has 9 heteroatoms. The minimum atomic E-state index is -1.34. The number of nitrogens with zero attached hydrogens (tertiary/aromatic N) is 1. The standard InChI is InChI=1S/C21H20FN3O5/c1-21(2)19(28)25(20(29)24-21)12-16(26)30-17(13-6-4-3-5-7-13)18(27)23-15-10-8-14(22)9-11-15/h3-11,17H,12H2,1-2H3,(H,23,27)(H,24,29)/t17-/m1/s1. The van der Waals surface area contributed by atoms with E-state index in [4.69, 9.17) is 4.74 Å². The number of benzene rings is 2. The summed E-state index contributed by atoms with van der Waals surface area (Å²) in [6, 6.07) is 12.6. The van der Waals surface area contributed by atoms with Crippen molar-refractivity contribution in [2.75, 3.05) is 11.9 Å². The second kappa shape index (κ2) is 8.32. The summed E-state index contributed by atoms with van der Waals surface area (Å²) >= 11 is 0. The third-order valence-electron chi connectivity index (χ3n) is 4.43. The number of hydrogen-bond acceptors (Lipinski definition) is 5. The van der Waals surface area contributed by atoms with E-state index in [1.807, 2.05) is 0 Å². The predicted molar refractivity (Wildman–Crippen MR) is 105 cm³/mol. The Hall–Kier alpha value is -3.75. The highest BCUT2D eigenvalue weighted by Gasteiger charge is 2.45. The molecule has 0 unspecified atom stereocenters. The second-order valence-corrected chi connectivity index (χ2v) is 7.22. The number of nitrogens with one attached hydrogen (secondary N) is 2. The van der Waals surface area contributed by atoms with Crippen LogP contribution in [0.25, 0.3) is 0 Å². The molecule has 0 spiro atoms. The number of esters is 1. The molecule has 1 fully saturated rings. The van der Waals surface area contributed by atoms with Gasteiger partial charge in [0.25, 0.3) is 11.8 Å². The van der Waals surface area contributed by atoms with Crippen molar-refractivity contribution in [2.45, 2.75) is 25.5 Å². The van der Waals surface area contributed by atoms with Crippen LogP contribution in [0.2, 0.25) is 0 Å². The van der Waals surface area contributed by atoms with E-state index in [-0.39, 0.29) is 0 Å². The van der Waals surface area contributed by atoms with E-state index in [0.717, 1.165) is 4.90 Å². The van der Waals surface area contributed by atoms with E-state index in [0.29, 0.717) is 11.3 Å². The molecule has 2 aromatic carbocycles. The topological polar surface area (TPSA) is 105 Å². The Balaban J connectivity index is 1.75. The second-order valence-electron chi connectivity index (χ2n) is 7.22. The van der Waals surface area contributed by atoms with E-state index in [9.17, 15) is 23.6 Å². The Morgan fingerprint density at radius 1 is 1.10 bits per heavy atom. The number of carbonyl (C=O) groups is 4. The van der Waals surface area contributed by atoms with E-state index >= 15 is 0 Å². The molecule has 0 bridgehead atoms. The minimum Gasteiger partial charge on any atom is -0.446 e. The average Bonchev–Trinajstić information content (AvgIpc) is 2.90. The van der Waals surface area contributed by atoms with Gasteiger partial charge in [0.15, 0.2) is 0 Å². The third-order valence-corrected chi connectivity index (χ3v) is 4.43. The van der Waals surface area contributed by atoms with Crippen molar-refractivity contribution in [3.8, 4) is 0 Å². The third kappa shape index (κ3) is 4.62. The zero-order valence-electron chi connectivity index (χ0n) is 16.3. The molecule has 1 aliphatic heterocycles. The largest absolute Gasteiger partial charge is 0.446 e. The summed E-state index contributed by atoms with van der Waals surface area (Å²) in [6.07, 6.45) is -1.34. The monoisotopic (exact) mass is 413 g/mol. The zero-order valence-corrected chi connectivity index (χ0v) is 16.3. The van der Waals surface area contributed by atoms with Crippen LogP contribution in [0.3, 0.4) is 0 Å². The molecule has 2 aromatic rings. The van der Waals surface area contributed by atoms with Crippen molar-refractivity contribution in [1.82, 2.24) is 10.2 Å². The molecule has 0 saturated carbocycles. The number of amides is 4. The zero-order chi connectivity index (χ0) is 21.9. The fourth-order valence-corrected chi connectivity index (χ4v) is 2.90. The predicted octanol–water partition coefficient (Wildman–Crippen LogP) is 2.38. The molecule has 4 amide bonds. The van der Waals surface area contributed by atoms with Gasteiger partial charge in [0, 0.05) is 11.3 Å². The summed E-state index contributed by atoms with van der Waals surface area (Å²) in [5.74, 6) is -2.63. The van der Waals surface area contributed by atoms with Gasteiger partial charge in [-0.25, -0.2) is 9.18 Å². The number of urea groups is 1. The first kappa shape index (κ1) is 21.0. The summed E-state index contributed by atoms with van der Waals surface area (Å²) in [5.41, 5.74) is -0.423. The van der Waals surface area contributed by atoms with Gasteiger partial charge in [0.2, 0.25) is 6.10 Å². The molecule has 3 rings (SSSR count). The van der Waals surface area contributed by atoms with Crippen LogP contribution in [0.1, 0.15) is 25.5 Å². The first-order valence-corrected chi connectivity index (χ1v) is 9.12. The van der Waals surface area contributed by atoms with Crippen LogP contribution in [-0.4, -0.2) is 40.8 Å². The first-order chi connectivity index (χ1) is 14.2. The number of carbonyl (C=O) groups excluding carboxylic acids is 4. The van der Waals surface area contributed by atoms with Crippen LogP contribution in [-0.2, 0) is 19.1 Å². The Labute approximate surface area is 172 Å². The molecule has 1 heterocycles. The van der Waals surface area contributed by atoms with Crippen LogP contribution < -0.4 is 10.6 Å². The highest BCUT2D eigenvalue weighted by molar-refractivity contribution is 6.08. The summed E-state index contributed by atoms with van der Waals surface area (Å²) in [6.45, 7) is 2.39. The maximum absolute atomic E-state index is 13.1. The lowest BCUT2D eigenvalue weighted by Crippen LogP contribution is -2.41. The summed E-state index contributed by atoms with van der Waals surface area (Å²) in [7, 11) is 0. The molecule has 1 atom stereocenters. The van der Waals surface area contributed by atoms with Gasteiger partial charge in [0.1, 0.15) is 17.9 Å². The lowest BCUT2D eigenvalue weighted by atomic mass is 10.1. The van der Waals surface area contributed by atoms with Gasteiger partial charge < -0.3 is 15.4 Å². The fourth-order valence-electron chi connectivity index (χ4n) is 2.90. The lowest BCUT2D eigenvalue weighted by molar-refractivity contribution is -0.156. The van der Waals surface area contributed by atoms with Crippen LogP contribution >= 0.6 is 0 Å². The van der Waals surface area contributed by atoms with Crippen molar-refractivity contribution in [2.24, 2.45) is 0 Å². The van der Waals surface area contributed by atoms with Crippen molar-refractivity contribution < 1.29 is 28.3 Å².